The Morgan fingerprint density at radius 1 is 1.19 bits per heavy atom. The smallest absolute Gasteiger partial charge is 0.224 e. The van der Waals surface area contributed by atoms with E-state index in [0.717, 1.165) is 63.5 Å². The van der Waals surface area contributed by atoms with Crippen molar-refractivity contribution in [2.45, 2.75) is 70.5 Å². The van der Waals surface area contributed by atoms with E-state index in [9.17, 15) is 4.79 Å². The fraction of sp³-hybridized carbons (Fsp3) is 0.762. The summed E-state index contributed by atoms with van der Waals surface area (Å²) in [5, 5.41) is 3.20. The van der Waals surface area contributed by atoms with Gasteiger partial charge in [0.15, 0.2) is 0 Å². The minimum Gasteiger partial charge on any atom is -0.353 e. The fourth-order valence-corrected chi connectivity index (χ4v) is 4.47. The molecular weight excluding hydrogens is 338 g/mol. The Bertz CT molecular complexity index is 639. The van der Waals surface area contributed by atoms with Gasteiger partial charge < -0.3 is 5.32 Å². The van der Waals surface area contributed by atoms with Crippen LogP contribution in [0, 0.1) is 5.92 Å². The predicted molar refractivity (Wildman–Crippen MR) is 105 cm³/mol. The summed E-state index contributed by atoms with van der Waals surface area (Å²) in [6.07, 6.45) is 9.73. The Labute approximate surface area is 162 Å². The summed E-state index contributed by atoms with van der Waals surface area (Å²) in [6, 6.07) is 3.15. The largest absolute Gasteiger partial charge is 0.353 e. The molecule has 6 heteroatoms. The lowest BCUT2D eigenvalue weighted by atomic mass is 9.93. The summed E-state index contributed by atoms with van der Waals surface area (Å²) in [7, 11) is 0. The maximum Gasteiger partial charge on any atom is 0.224 e. The molecule has 27 heavy (non-hydrogen) atoms. The van der Waals surface area contributed by atoms with Crippen LogP contribution in [0.4, 0.5) is 0 Å². The Morgan fingerprint density at radius 3 is 2.74 bits per heavy atom. The van der Waals surface area contributed by atoms with Crippen molar-refractivity contribution in [1.82, 2.24) is 25.1 Å². The molecule has 1 N–H and O–H groups in total. The van der Waals surface area contributed by atoms with Gasteiger partial charge in [0.25, 0.3) is 0 Å². The Hall–Kier alpha value is -1.53. The Kier molecular flexibility index (Phi) is 6.03. The molecule has 2 saturated heterocycles. The summed E-state index contributed by atoms with van der Waals surface area (Å²) in [6.45, 7) is 7.37. The molecule has 0 aromatic carbocycles. The third-order valence-electron chi connectivity index (χ3n) is 6.29. The van der Waals surface area contributed by atoms with Gasteiger partial charge in [-0.05, 0) is 51.1 Å². The van der Waals surface area contributed by atoms with Crippen molar-refractivity contribution in [3.8, 4) is 0 Å². The number of carbonyl (C=O) groups is 1. The predicted octanol–water partition coefficient (Wildman–Crippen LogP) is 1.99. The second-order valence-corrected chi connectivity index (χ2v) is 8.44. The number of nitrogens with zero attached hydrogens (tertiary/aromatic N) is 4. The van der Waals surface area contributed by atoms with Crippen molar-refractivity contribution in [1.29, 1.82) is 0 Å². The van der Waals surface area contributed by atoms with Gasteiger partial charge in [-0.2, -0.15) is 0 Å². The maximum absolute atomic E-state index is 12.4. The molecule has 0 bridgehead atoms. The van der Waals surface area contributed by atoms with Crippen LogP contribution in [0.15, 0.2) is 12.3 Å². The number of hydrogen-bond acceptors (Lipinski definition) is 5. The van der Waals surface area contributed by atoms with E-state index in [1.165, 1.54) is 25.7 Å². The molecule has 3 aliphatic rings. The molecule has 3 heterocycles. The topological polar surface area (TPSA) is 61.4 Å². The molecule has 1 amide bonds. The number of rotatable bonds is 6. The Balaban J connectivity index is 1.25. The molecule has 1 aliphatic carbocycles. The van der Waals surface area contributed by atoms with E-state index >= 15 is 0 Å². The molecular formula is C21H33N5O. The molecule has 1 atom stereocenters. The highest BCUT2D eigenvalue weighted by Crippen LogP contribution is 2.26. The highest BCUT2D eigenvalue weighted by Gasteiger charge is 2.33. The first-order chi connectivity index (χ1) is 13.2. The van der Waals surface area contributed by atoms with Gasteiger partial charge in [-0.15, -0.1) is 0 Å². The highest BCUT2D eigenvalue weighted by molar-refractivity contribution is 5.79. The zero-order valence-corrected chi connectivity index (χ0v) is 16.6. The van der Waals surface area contributed by atoms with E-state index in [1.54, 1.807) is 0 Å². The van der Waals surface area contributed by atoms with Crippen molar-refractivity contribution in [3.63, 3.8) is 0 Å². The number of aromatic nitrogens is 2. The summed E-state index contributed by atoms with van der Waals surface area (Å²) >= 11 is 0. The lowest BCUT2D eigenvalue weighted by Crippen LogP contribution is -2.50. The van der Waals surface area contributed by atoms with Gasteiger partial charge in [0.2, 0.25) is 5.91 Å². The van der Waals surface area contributed by atoms with Crippen molar-refractivity contribution in [3.05, 3.63) is 23.8 Å². The number of nitrogens with one attached hydrogen (secondary N) is 1. The summed E-state index contributed by atoms with van der Waals surface area (Å²) in [4.78, 5) is 26.5. The van der Waals surface area contributed by atoms with Gasteiger partial charge in [0.05, 0.1) is 11.6 Å². The highest BCUT2D eigenvalue weighted by atomic mass is 16.2. The molecule has 0 unspecified atom stereocenters. The van der Waals surface area contributed by atoms with Crippen molar-refractivity contribution in [2.75, 3.05) is 26.2 Å². The normalized spacial score (nSPS) is 25.4. The summed E-state index contributed by atoms with van der Waals surface area (Å²) in [5.74, 6) is 1.44. The van der Waals surface area contributed by atoms with Crippen LogP contribution in [0.25, 0.3) is 0 Å². The number of carbonyl (C=O) groups excluding carboxylic acids is 1. The van der Waals surface area contributed by atoms with Crippen molar-refractivity contribution < 1.29 is 4.79 Å². The molecule has 1 aromatic rings. The summed E-state index contributed by atoms with van der Waals surface area (Å²) in [5.41, 5.74) is 1.13. The first-order valence-electron chi connectivity index (χ1n) is 10.8. The molecule has 0 radical (unpaired) electrons. The van der Waals surface area contributed by atoms with Crippen LogP contribution in [-0.2, 0) is 17.8 Å². The summed E-state index contributed by atoms with van der Waals surface area (Å²) < 4.78 is 0. The van der Waals surface area contributed by atoms with Gasteiger partial charge >= 0.3 is 0 Å². The minimum absolute atomic E-state index is 0.200. The van der Waals surface area contributed by atoms with E-state index < -0.39 is 0 Å². The van der Waals surface area contributed by atoms with Crippen LogP contribution < -0.4 is 5.32 Å². The maximum atomic E-state index is 12.4. The van der Waals surface area contributed by atoms with Gasteiger partial charge in [-0.1, -0.05) is 6.92 Å². The third kappa shape index (κ3) is 5.05. The molecule has 3 fully saturated rings. The second kappa shape index (κ2) is 8.65. The molecule has 2 aliphatic heterocycles. The van der Waals surface area contributed by atoms with Crippen LogP contribution in [0.1, 0.15) is 57.0 Å². The van der Waals surface area contributed by atoms with Crippen molar-refractivity contribution >= 4 is 5.91 Å². The van der Waals surface area contributed by atoms with Crippen LogP contribution in [0.5, 0.6) is 0 Å². The lowest BCUT2D eigenvalue weighted by Gasteiger charge is -2.42. The molecule has 6 nitrogen and oxygen atoms in total. The van der Waals surface area contributed by atoms with E-state index in [0.29, 0.717) is 18.0 Å². The number of amides is 1. The first-order valence-corrected chi connectivity index (χ1v) is 10.8. The molecule has 1 saturated carbocycles. The zero-order valence-electron chi connectivity index (χ0n) is 16.6. The lowest BCUT2D eigenvalue weighted by molar-refractivity contribution is -0.127. The van der Waals surface area contributed by atoms with Crippen LogP contribution in [-0.4, -0.2) is 63.9 Å². The van der Waals surface area contributed by atoms with E-state index in [4.69, 9.17) is 0 Å². The third-order valence-corrected chi connectivity index (χ3v) is 6.29. The van der Waals surface area contributed by atoms with Crippen LogP contribution >= 0.6 is 0 Å². The second-order valence-electron chi connectivity index (χ2n) is 8.44. The van der Waals surface area contributed by atoms with E-state index in [1.807, 2.05) is 12.3 Å². The first kappa shape index (κ1) is 18.8. The average Bonchev–Trinajstić information content (AvgIpc) is 3.53. The van der Waals surface area contributed by atoms with Crippen LogP contribution in [0.3, 0.4) is 0 Å². The number of likely N-dealkylation sites (tertiary alicyclic amines) is 2. The molecule has 1 aromatic heterocycles. The quantitative estimate of drug-likeness (QED) is 0.829. The molecule has 148 valence electrons. The number of hydrogen-bond donors (Lipinski definition) is 1. The van der Waals surface area contributed by atoms with Gasteiger partial charge in [-0.3, -0.25) is 14.6 Å². The van der Waals surface area contributed by atoms with E-state index in [-0.39, 0.29) is 5.92 Å². The number of piperidine rings is 2. The van der Waals surface area contributed by atoms with Crippen molar-refractivity contribution in [2.24, 2.45) is 5.92 Å². The van der Waals surface area contributed by atoms with Crippen LogP contribution in [0.2, 0.25) is 0 Å². The zero-order chi connectivity index (χ0) is 18.6. The standard InChI is InChI=1S/C21H33N5O/c1-2-20-22-10-7-18(23-20)15-25-12-8-19(9-13-25)26-11-3-4-16(14-26)21(27)24-17-5-6-17/h7,10,16-17,19H,2-6,8-9,11-15H2,1H3,(H,24,27)/t16-/m0/s1. The van der Waals surface area contributed by atoms with Gasteiger partial charge in [0.1, 0.15) is 5.82 Å². The van der Waals surface area contributed by atoms with E-state index in [2.05, 4.69) is 32.0 Å². The fourth-order valence-electron chi connectivity index (χ4n) is 4.47. The molecule has 4 rings (SSSR count). The van der Waals surface area contributed by atoms with Gasteiger partial charge in [-0.25, -0.2) is 9.97 Å². The van der Waals surface area contributed by atoms with Gasteiger partial charge in [0, 0.05) is 50.9 Å². The SMILES string of the molecule is CCc1nccc(CN2CCC(N3CCC[C@H](C(=O)NC4CC4)C3)CC2)n1. The molecule has 0 spiro atoms. The number of aryl methyl sites for hydroxylation is 1. The minimum atomic E-state index is 0.200. The average molecular weight is 372 g/mol. The Morgan fingerprint density at radius 2 is 2.00 bits per heavy atom. The monoisotopic (exact) mass is 371 g/mol.